The molecule has 7 N–H and O–H groups in total. The average molecular weight is 1950 g/mol. The van der Waals surface area contributed by atoms with Gasteiger partial charge in [-0.15, -0.1) is 24.0 Å². The molecule has 625 valence electrons. The van der Waals surface area contributed by atoms with Gasteiger partial charge in [-0.2, -0.15) is 0 Å². The van der Waals surface area contributed by atoms with Crippen LogP contribution in [0.15, 0.2) is 90.1 Å². The van der Waals surface area contributed by atoms with Crippen LogP contribution in [0.5, 0.6) is 11.5 Å². The molecular formula is C89H119I3N2O19V. The molecule has 114 heavy (non-hydrogen) atoms. The molecule has 1 spiro atoms. The third kappa shape index (κ3) is 16.9. The third-order valence-electron chi connectivity index (χ3n) is 31.1. The standard InChI is InChI=1S/C43H55NO9.C35H52O7.C11H11NO3.I2.HI.V/c1-38(2)19-20-42(37(51)52)21-22-43(25-53-36(50)14-7-26-23-27(45)8-10-30(26)44-34(47)12-13-35(48)49)28(29(42)24-38)9-11-32-40(5)17-16-33(46)39(3,4)31(40)15-18-41(32,43)6;1-29(2)12-14-33(28(38)39)15-16-34(22-40-27(37)10-18-36)23(24(33)21-29)7-8-26-31(5)13-17-35(41-19-20-42-35)30(3,4)25(31)9-11-32(26,34)6;1-2-3-11(15)12-10-5-4-9(14)6-8(10)7-13;1-2;;/h7-10,12-14,23,29,31-32,45H,11,15-22,24-25H2,1-6H3,(H,44,47)(H,48,49)(H,51,52);7,18,24-26H,8-17,19-22H2,1-6H3,(H,38,39);2-7,14H,1H3,(H,12,15);;1H;/b13-12+,14-7+;;3-2+;;;/t29-,31?,32?,40-,41+,42-,43-;24-,25?,26?,31-,32+,33-,34-;;;;/m00..../s1. The van der Waals surface area contributed by atoms with E-state index < -0.39 is 68.6 Å². The van der Waals surface area contributed by atoms with Crippen LogP contribution in [0.4, 0.5) is 11.4 Å². The Kier molecular flexibility index (Phi) is 29.4. The predicted octanol–water partition coefficient (Wildman–Crippen LogP) is 18.8. The number of rotatable bonds is 16. The summed E-state index contributed by atoms with van der Waals surface area (Å²) in [7, 11) is 0. The summed E-state index contributed by atoms with van der Waals surface area (Å²) in [6.07, 6.45) is 28.6. The molecule has 0 aromatic heterocycles. The number of carbonyl (C=O) groups is 10. The molecule has 2 aromatic carbocycles. The number of nitrogens with one attached hydrogen (secondary N) is 2. The number of fused-ring (bicyclic) bond motifs is 14. The second-order valence-electron chi connectivity index (χ2n) is 38.0. The number of hydrogen-bond acceptors (Lipinski definition) is 16. The first-order valence-electron chi connectivity index (χ1n) is 40.1. The van der Waals surface area contributed by atoms with Gasteiger partial charge in [-0.3, -0.25) is 33.6 Å². The zero-order valence-corrected chi connectivity index (χ0v) is 76.5. The van der Waals surface area contributed by atoms with E-state index in [-0.39, 0.29) is 152 Å². The Hall–Kier alpha value is -5.27. The van der Waals surface area contributed by atoms with E-state index in [1.54, 1.807) is 13.0 Å². The molecule has 14 atom stereocenters. The van der Waals surface area contributed by atoms with Crippen LogP contribution < -0.4 is 10.6 Å². The molecule has 9 fully saturated rings. The fraction of sp³-hybridized carbons (Fsp3) is 0.640. The normalized spacial score (nSPS) is 34.4. The molecule has 1 aliphatic heterocycles. The first-order chi connectivity index (χ1) is 52.5. The van der Waals surface area contributed by atoms with Crippen molar-refractivity contribution in [2.75, 3.05) is 37.1 Å². The fourth-order valence-corrected chi connectivity index (χ4v) is 25.1. The smallest absolute Gasteiger partial charge is 0.330 e. The molecule has 0 bridgehead atoms. The molecule has 2 amide bonds. The number of allylic oxidation sites excluding steroid dienone is 3. The monoisotopic (exact) mass is 1950 g/mol. The van der Waals surface area contributed by atoms with Gasteiger partial charge in [-0.1, -0.05) is 112 Å². The number of aliphatic carboxylic acids is 3. The van der Waals surface area contributed by atoms with Crippen LogP contribution in [-0.4, -0.2) is 118 Å². The van der Waals surface area contributed by atoms with Gasteiger partial charge in [0.15, 0.2) is 12.1 Å². The van der Waals surface area contributed by atoms with E-state index in [9.17, 15) is 63.3 Å². The van der Waals surface area contributed by atoms with Gasteiger partial charge in [-0.05, 0) is 239 Å². The number of phenols is 2. The number of aldehydes is 2. The Labute approximate surface area is 724 Å². The number of esters is 2. The summed E-state index contributed by atoms with van der Waals surface area (Å²) in [5, 5.41) is 54.9. The number of carbonyl (C=O) groups excluding carboxylic acids is 7. The fourth-order valence-electron chi connectivity index (χ4n) is 25.1. The van der Waals surface area contributed by atoms with Gasteiger partial charge in [-0.25, -0.2) is 9.59 Å². The van der Waals surface area contributed by atoms with Crippen molar-refractivity contribution < 1.29 is 111 Å². The van der Waals surface area contributed by atoms with E-state index in [4.69, 9.17) is 29.2 Å². The first-order valence-corrected chi connectivity index (χ1v) is 46.3. The second kappa shape index (κ2) is 35.6. The minimum atomic E-state index is -1.28. The van der Waals surface area contributed by atoms with Crippen molar-refractivity contribution in [3.63, 3.8) is 0 Å². The molecule has 21 nitrogen and oxygen atoms in total. The van der Waals surface area contributed by atoms with Gasteiger partial charge in [0.25, 0.3) is 0 Å². The van der Waals surface area contributed by atoms with E-state index in [0.717, 1.165) is 95.1 Å². The second-order valence-corrected chi connectivity index (χ2v) is 38.0. The predicted molar refractivity (Wildman–Crippen MR) is 457 cm³/mol. The van der Waals surface area contributed by atoms with Crippen LogP contribution in [-0.2, 0) is 80.7 Å². The van der Waals surface area contributed by atoms with Gasteiger partial charge in [0.1, 0.15) is 43.2 Å². The number of anilines is 2. The molecule has 11 aliphatic rings. The summed E-state index contributed by atoms with van der Waals surface area (Å²) in [6, 6.07) is 8.35. The number of aromatic hydroxyl groups is 2. The number of ketones is 1. The van der Waals surface area contributed by atoms with Gasteiger partial charge in [0.05, 0.1) is 29.7 Å². The maximum Gasteiger partial charge on any atom is 0.330 e. The molecule has 2 aromatic rings. The number of amides is 2. The summed E-state index contributed by atoms with van der Waals surface area (Å²) in [6.45, 7) is 30.9. The van der Waals surface area contributed by atoms with E-state index >= 15 is 0 Å². The molecule has 4 unspecified atom stereocenters. The number of benzene rings is 2. The maximum atomic E-state index is 13.7. The zero-order valence-electron chi connectivity index (χ0n) is 68.4. The summed E-state index contributed by atoms with van der Waals surface area (Å²) in [5.41, 5.74) is -0.263. The maximum absolute atomic E-state index is 13.7. The van der Waals surface area contributed by atoms with Crippen molar-refractivity contribution in [1.29, 1.82) is 0 Å². The largest absolute Gasteiger partial charge is 0.508 e. The zero-order chi connectivity index (χ0) is 82.4. The molecule has 10 aliphatic carbocycles. The summed E-state index contributed by atoms with van der Waals surface area (Å²) in [4.78, 5) is 122. The Morgan fingerprint density at radius 2 is 1.03 bits per heavy atom. The van der Waals surface area contributed by atoms with Crippen LogP contribution in [0, 0.1) is 100 Å². The topological polar surface area (TPSA) is 333 Å². The number of carboxylic acid groups (broad SMARTS) is 3. The number of halogens is 3. The minimum absolute atomic E-state index is 0. The van der Waals surface area contributed by atoms with Crippen molar-refractivity contribution in [3.05, 3.63) is 101 Å². The van der Waals surface area contributed by atoms with E-state index in [1.807, 2.05) is 0 Å². The van der Waals surface area contributed by atoms with Crippen molar-refractivity contribution in [2.24, 2.45) is 100 Å². The SMILES string of the molecule is C/C=C/C(=O)Nc1ccc(O)cc1C=O.CC1(C)CC[C@]2(C(=O)O)CC[C@]3(COC(=O)/C=C/c4cc(O)ccc4NC(=O)/C=C/C(=O)O)C(=CCC4[C@@]5(C)CCC(=O)C(C)(C)C5CC[C@]43C)[C@@H]2C1.CC1(C)CC[C@]2(C(=O)O)CC[C@]3(COC(=O)CC=O)C(=CCC4[C@@]5(C)CCC6(OCCO6)C(C)(C)C5CC[C@]43C)[C@@H]2C1.I.II.[V]. The van der Waals surface area contributed by atoms with Crippen LogP contribution >= 0.6 is 61.2 Å². The summed E-state index contributed by atoms with van der Waals surface area (Å²) >= 11 is 4.24. The molecule has 1 heterocycles. The van der Waals surface area contributed by atoms with Crippen LogP contribution in [0.1, 0.15) is 241 Å². The number of Topliss-reactive ketones (excluding diaryl/α,β-unsaturated/α-hetero) is 1. The van der Waals surface area contributed by atoms with E-state index in [1.165, 1.54) is 60.2 Å². The minimum Gasteiger partial charge on any atom is -0.508 e. The first kappa shape index (κ1) is 94.2. The van der Waals surface area contributed by atoms with Crippen LogP contribution in [0.25, 0.3) is 6.08 Å². The van der Waals surface area contributed by atoms with Gasteiger partial charge >= 0.3 is 29.8 Å². The summed E-state index contributed by atoms with van der Waals surface area (Å²) < 4.78 is 25.0. The van der Waals surface area contributed by atoms with E-state index in [2.05, 4.69) is 143 Å². The Bertz CT molecular complexity index is 4200. The summed E-state index contributed by atoms with van der Waals surface area (Å²) in [5.74, 6) is -4.17. The van der Waals surface area contributed by atoms with Gasteiger partial charge in [0, 0.05) is 125 Å². The van der Waals surface area contributed by atoms with Gasteiger partial charge < -0.3 is 59.9 Å². The number of ether oxygens (including phenoxy) is 4. The van der Waals surface area contributed by atoms with Gasteiger partial charge in [0.2, 0.25) is 11.8 Å². The van der Waals surface area contributed by atoms with Crippen LogP contribution in [0.2, 0.25) is 0 Å². The molecule has 1 saturated heterocycles. The third-order valence-corrected chi connectivity index (χ3v) is 31.1. The Morgan fingerprint density at radius 1 is 0.561 bits per heavy atom. The number of hydrogen-bond donors (Lipinski definition) is 7. The molecule has 25 heteroatoms. The van der Waals surface area contributed by atoms with Crippen molar-refractivity contribution in [1.82, 2.24) is 0 Å². The van der Waals surface area contributed by atoms with Crippen molar-refractivity contribution in [3.8, 4) is 11.5 Å². The molecule has 13 rings (SSSR count). The Morgan fingerprint density at radius 3 is 1.51 bits per heavy atom. The average Bonchev–Trinajstić information content (AvgIpc) is 0.772. The number of phenolic OH excluding ortho intramolecular Hbond substituents is 2. The number of carboxylic acids is 3. The quantitative estimate of drug-likeness (QED) is 0.0156. The van der Waals surface area contributed by atoms with Crippen LogP contribution in [0.3, 0.4) is 0 Å². The van der Waals surface area contributed by atoms with Crippen molar-refractivity contribution in [2.45, 2.75) is 231 Å². The molecular weight excluding hydrogens is 1830 g/mol. The van der Waals surface area contributed by atoms with E-state index in [0.29, 0.717) is 106 Å². The molecule has 1 radical (unpaired) electrons. The molecule has 8 saturated carbocycles. The van der Waals surface area contributed by atoms with Crippen molar-refractivity contribution >= 4 is 139 Å². The Balaban J connectivity index is 0.000000237.